The van der Waals surface area contributed by atoms with E-state index in [0.29, 0.717) is 22.2 Å². The molecule has 0 aliphatic heterocycles. The van der Waals surface area contributed by atoms with Crippen LogP contribution in [0.4, 0.5) is 16.2 Å². The van der Waals surface area contributed by atoms with Crippen LogP contribution in [-0.2, 0) is 0 Å². The van der Waals surface area contributed by atoms with E-state index >= 15 is 0 Å². The van der Waals surface area contributed by atoms with Crippen LogP contribution in [-0.4, -0.2) is 18.0 Å². The average Bonchev–Trinajstić information content (AvgIpc) is 2.70. The summed E-state index contributed by atoms with van der Waals surface area (Å²) in [6.07, 6.45) is 4.38. The predicted molar refractivity (Wildman–Crippen MR) is 137 cm³/mol. The number of halogens is 1. The second-order valence-corrected chi connectivity index (χ2v) is 10.8. The Morgan fingerprint density at radius 2 is 1.58 bits per heavy atom. The van der Waals surface area contributed by atoms with Gasteiger partial charge >= 0.3 is 6.03 Å². The molecule has 2 atom stereocenters. The third-order valence-electron chi connectivity index (χ3n) is 6.58. The van der Waals surface area contributed by atoms with Crippen molar-refractivity contribution in [2.75, 3.05) is 10.6 Å². The van der Waals surface area contributed by atoms with Crippen LogP contribution in [0.1, 0.15) is 73.5 Å². The van der Waals surface area contributed by atoms with Gasteiger partial charge in [-0.3, -0.25) is 4.79 Å². The van der Waals surface area contributed by atoms with Gasteiger partial charge in [0.05, 0.1) is 11.3 Å². The minimum Gasteiger partial charge on any atom is -0.349 e. The van der Waals surface area contributed by atoms with Gasteiger partial charge in [0, 0.05) is 16.8 Å². The first-order valence-corrected chi connectivity index (χ1v) is 12.1. The molecule has 1 fully saturated rings. The Hall–Kier alpha value is -2.53. The molecular formula is C27H36ClN3O2. The van der Waals surface area contributed by atoms with Crippen molar-refractivity contribution in [3.63, 3.8) is 0 Å². The van der Waals surface area contributed by atoms with Crippen molar-refractivity contribution >= 4 is 34.9 Å². The third-order valence-corrected chi connectivity index (χ3v) is 6.82. The minimum absolute atomic E-state index is 0.112. The smallest absolute Gasteiger partial charge is 0.323 e. The molecule has 0 aromatic heterocycles. The summed E-state index contributed by atoms with van der Waals surface area (Å²) in [7, 11) is 0. The monoisotopic (exact) mass is 469 g/mol. The lowest BCUT2D eigenvalue weighted by atomic mass is 9.69. The SMILES string of the molecule is Cc1cc(C)c(NC(=O)Nc2cc(Cl)ccc2C(=O)N[C@H]2CCCCC2C(C)(C)C)c(C)c1. The van der Waals surface area contributed by atoms with Crippen LogP contribution in [0.15, 0.2) is 30.3 Å². The molecule has 0 saturated heterocycles. The van der Waals surface area contributed by atoms with Gasteiger partial charge in [0.1, 0.15) is 0 Å². The summed E-state index contributed by atoms with van der Waals surface area (Å²) in [5.41, 5.74) is 4.79. The zero-order chi connectivity index (χ0) is 24.3. The number of amides is 3. The van der Waals surface area contributed by atoms with E-state index in [4.69, 9.17) is 11.6 Å². The number of hydrogen-bond donors (Lipinski definition) is 3. The first-order valence-electron chi connectivity index (χ1n) is 11.7. The van der Waals surface area contributed by atoms with Gasteiger partial charge in [-0.2, -0.15) is 0 Å². The van der Waals surface area contributed by atoms with Crippen LogP contribution >= 0.6 is 11.6 Å². The Balaban J connectivity index is 1.79. The van der Waals surface area contributed by atoms with Gasteiger partial charge < -0.3 is 16.0 Å². The van der Waals surface area contributed by atoms with Crippen LogP contribution in [0.5, 0.6) is 0 Å². The molecule has 2 aromatic rings. The Kier molecular flexibility index (Phi) is 7.73. The maximum Gasteiger partial charge on any atom is 0.323 e. The fourth-order valence-electron chi connectivity index (χ4n) is 5.05. The molecule has 1 aliphatic carbocycles. The van der Waals surface area contributed by atoms with Crippen molar-refractivity contribution in [2.45, 2.75) is 73.3 Å². The molecule has 2 aromatic carbocycles. The highest BCUT2D eigenvalue weighted by molar-refractivity contribution is 6.31. The van der Waals surface area contributed by atoms with E-state index < -0.39 is 6.03 Å². The molecular weight excluding hydrogens is 434 g/mol. The highest BCUT2D eigenvalue weighted by atomic mass is 35.5. The van der Waals surface area contributed by atoms with Gasteiger partial charge in [0.15, 0.2) is 0 Å². The number of anilines is 2. The number of aryl methyl sites for hydroxylation is 3. The molecule has 0 heterocycles. The van der Waals surface area contributed by atoms with Crippen molar-refractivity contribution in [1.82, 2.24) is 5.32 Å². The lowest BCUT2D eigenvalue weighted by molar-refractivity contribution is 0.0831. The van der Waals surface area contributed by atoms with Crippen molar-refractivity contribution in [1.29, 1.82) is 0 Å². The summed E-state index contributed by atoms with van der Waals surface area (Å²) in [6, 6.07) is 8.72. The van der Waals surface area contributed by atoms with Gasteiger partial charge in [0.25, 0.3) is 5.91 Å². The lowest BCUT2D eigenvalue weighted by Crippen LogP contribution is -2.46. The number of carbonyl (C=O) groups is 2. The Morgan fingerprint density at radius 3 is 2.21 bits per heavy atom. The van der Waals surface area contributed by atoms with E-state index in [2.05, 4.69) is 36.7 Å². The summed E-state index contributed by atoms with van der Waals surface area (Å²) < 4.78 is 0. The van der Waals surface area contributed by atoms with E-state index in [9.17, 15) is 9.59 Å². The number of carbonyl (C=O) groups excluding carboxylic acids is 2. The molecule has 0 spiro atoms. The second-order valence-electron chi connectivity index (χ2n) is 10.4. The molecule has 5 nitrogen and oxygen atoms in total. The molecule has 178 valence electrons. The highest BCUT2D eigenvalue weighted by Gasteiger charge is 2.35. The average molecular weight is 470 g/mol. The van der Waals surface area contributed by atoms with Gasteiger partial charge in [-0.1, -0.05) is 62.9 Å². The lowest BCUT2D eigenvalue weighted by Gasteiger charge is -2.40. The Labute approximate surface area is 202 Å². The van der Waals surface area contributed by atoms with Crippen molar-refractivity contribution in [2.24, 2.45) is 11.3 Å². The molecule has 3 amide bonds. The largest absolute Gasteiger partial charge is 0.349 e. The first kappa shape index (κ1) is 25.1. The van der Waals surface area contributed by atoms with Crippen LogP contribution in [0.25, 0.3) is 0 Å². The normalized spacial score (nSPS) is 18.5. The van der Waals surface area contributed by atoms with Crippen LogP contribution < -0.4 is 16.0 Å². The van der Waals surface area contributed by atoms with Crippen LogP contribution in [0, 0.1) is 32.1 Å². The van der Waals surface area contributed by atoms with Gasteiger partial charge in [0.2, 0.25) is 0 Å². The number of urea groups is 1. The molecule has 3 N–H and O–H groups in total. The second kappa shape index (κ2) is 10.2. The van der Waals surface area contributed by atoms with E-state index in [1.54, 1.807) is 18.2 Å². The zero-order valence-electron chi connectivity index (χ0n) is 20.6. The highest BCUT2D eigenvalue weighted by Crippen LogP contribution is 2.38. The Bertz CT molecular complexity index is 1020. The van der Waals surface area contributed by atoms with Crippen molar-refractivity contribution < 1.29 is 9.59 Å². The number of hydrogen-bond acceptors (Lipinski definition) is 2. The molecule has 1 aliphatic rings. The summed E-state index contributed by atoms with van der Waals surface area (Å²) in [5, 5.41) is 9.46. The van der Waals surface area contributed by atoms with Crippen molar-refractivity contribution in [3.05, 3.63) is 57.6 Å². The Morgan fingerprint density at radius 1 is 0.939 bits per heavy atom. The fourth-order valence-corrected chi connectivity index (χ4v) is 5.22. The summed E-state index contributed by atoms with van der Waals surface area (Å²) in [6.45, 7) is 12.6. The van der Waals surface area contributed by atoms with Crippen LogP contribution in [0.3, 0.4) is 0 Å². The van der Waals surface area contributed by atoms with Gasteiger partial charge in [-0.15, -0.1) is 0 Å². The number of benzene rings is 2. The summed E-state index contributed by atoms with van der Waals surface area (Å²) >= 11 is 6.20. The quantitative estimate of drug-likeness (QED) is 0.441. The summed E-state index contributed by atoms with van der Waals surface area (Å²) in [5.74, 6) is 0.223. The molecule has 0 radical (unpaired) electrons. The molecule has 33 heavy (non-hydrogen) atoms. The zero-order valence-corrected chi connectivity index (χ0v) is 21.3. The maximum absolute atomic E-state index is 13.3. The van der Waals surface area contributed by atoms with Gasteiger partial charge in [-0.05, 0) is 74.3 Å². The van der Waals surface area contributed by atoms with Crippen molar-refractivity contribution in [3.8, 4) is 0 Å². The third kappa shape index (κ3) is 6.29. The minimum atomic E-state index is -0.411. The fraction of sp³-hybridized carbons (Fsp3) is 0.481. The molecule has 1 saturated carbocycles. The maximum atomic E-state index is 13.3. The van der Waals surface area contributed by atoms with E-state index in [1.165, 1.54) is 6.42 Å². The van der Waals surface area contributed by atoms with E-state index in [1.807, 2.05) is 32.9 Å². The van der Waals surface area contributed by atoms with Gasteiger partial charge in [-0.25, -0.2) is 4.79 Å². The summed E-state index contributed by atoms with van der Waals surface area (Å²) in [4.78, 5) is 26.1. The topological polar surface area (TPSA) is 70.2 Å². The molecule has 0 bridgehead atoms. The number of rotatable bonds is 4. The molecule has 6 heteroatoms. The van der Waals surface area contributed by atoms with E-state index in [0.717, 1.165) is 41.6 Å². The standard InChI is InChI=1S/C27H36ClN3O2/c1-16-13-17(2)24(18(3)14-16)31-26(33)30-23-15-19(28)11-12-20(23)25(32)29-22-10-8-7-9-21(22)27(4,5)6/h11-15,21-22H,7-10H2,1-6H3,(H,29,32)(H2,30,31,33)/t21?,22-/m0/s1. The predicted octanol–water partition coefficient (Wildman–Crippen LogP) is 7.24. The first-order chi connectivity index (χ1) is 15.5. The van der Waals surface area contributed by atoms with E-state index in [-0.39, 0.29) is 17.4 Å². The molecule has 3 rings (SSSR count). The van der Waals surface area contributed by atoms with Crippen LogP contribution in [0.2, 0.25) is 5.02 Å². The number of nitrogens with one attached hydrogen (secondary N) is 3. The molecule has 1 unspecified atom stereocenters.